The SMILES string of the molecule is Cn1nnc(CN2CC(C)(C3CC3)NCC2C(C)(C)C)n1. The van der Waals surface area contributed by atoms with Crippen molar-refractivity contribution in [2.24, 2.45) is 18.4 Å². The number of tetrazole rings is 1. The largest absolute Gasteiger partial charge is 0.308 e. The molecule has 1 aromatic rings. The topological polar surface area (TPSA) is 58.9 Å². The van der Waals surface area contributed by atoms with Crippen LogP contribution in [0.2, 0.25) is 0 Å². The first-order chi connectivity index (χ1) is 9.78. The highest BCUT2D eigenvalue weighted by molar-refractivity contribution is 5.06. The molecule has 0 radical (unpaired) electrons. The molecule has 1 saturated carbocycles. The molecule has 0 bridgehead atoms. The molecule has 2 heterocycles. The lowest BCUT2D eigenvalue weighted by molar-refractivity contribution is 0.0128. The van der Waals surface area contributed by atoms with E-state index in [1.807, 2.05) is 7.05 Å². The molecule has 0 spiro atoms. The first kappa shape index (κ1) is 14.9. The van der Waals surface area contributed by atoms with Crippen LogP contribution in [0.1, 0.15) is 46.4 Å². The minimum Gasteiger partial charge on any atom is -0.308 e. The molecule has 2 aliphatic rings. The van der Waals surface area contributed by atoms with Crippen LogP contribution >= 0.6 is 0 Å². The van der Waals surface area contributed by atoms with Gasteiger partial charge in [-0.15, -0.1) is 10.2 Å². The van der Waals surface area contributed by atoms with Gasteiger partial charge in [-0.05, 0) is 36.3 Å². The van der Waals surface area contributed by atoms with E-state index < -0.39 is 0 Å². The summed E-state index contributed by atoms with van der Waals surface area (Å²) in [6, 6.07) is 0.494. The Morgan fingerprint density at radius 1 is 1.33 bits per heavy atom. The Kier molecular flexibility index (Phi) is 3.56. The molecule has 118 valence electrons. The third kappa shape index (κ3) is 3.11. The highest BCUT2D eigenvalue weighted by Crippen LogP contribution is 2.42. The molecule has 1 N–H and O–H groups in total. The van der Waals surface area contributed by atoms with E-state index in [1.165, 1.54) is 12.8 Å². The Morgan fingerprint density at radius 2 is 2.05 bits per heavy atom. The van der Waals surface area contributed by atoms with Crippen molar-refractivity contribution >= 4 is 0 Å². The Hall–Kier alpha value is -1.01. The number of hydrogen-bond acceptors (Lipinski definition) is 5. The second-order valence-electron chi connectivity index (χ2n) is 8.05. The first-order valence-electron chi connectivity index (χ1n) is 8.00. The van der Waals surface area contributed by atoms with Gasteiger partial charge in [0.05, 0.1) is 13.6 Å². The number of piperazine rings is 1. The van der Waals surface area contributed by atoms with Crippen molar-refractivity contribution in [1.29, 1.82) is 0 Å². The van der Waals surface area contributed by atoms with Gasteiger partial charge in [0.25, 0.3) is 0 Å². The van der Waals surface area contributed by atoms with E-state index in [1.54, 1.807) is 4.80 Å². The summed E-state index contributed by atoms with van der Waals surface area (Å²) < 4.78 is 0. The van der Waals surface area contributed by atoms with Gasteiger partial charge in [-0.2, -0.15) is 4.80 Å². The summed E-state index contributed by atoms with van der Waals surface area (Å²) >= 11 is 0. The van der Waals surface area contributed by atoms with Gasteiger partial charge in [0.2, 0.25) is 0 Å². The maximum atomic E-state index is 4.36. The Morgan fingerprint density at radius 3 is 2.57 bits per heavy atom. The molecule has 1 aliphatic carbocycles. The van der Waals surface area contributed by atoms with Crippen molar-refractivity contribution in [1.82, 2.24) is 30.4 Å². The third-order valence-corrected chi connectivity index (χ3v) is 5.04. The van der Waals surface area contributed by atoms with Gasteiger partial charge in [-0.3, -0.25) is 4.90 Å². The molecule has 2 atom stereocenters. The van der Waals surface area contributed by atoms with Crippen molar-refractivity contribution in [3.05, 3.63) is 5.82 Å². The average Bonchev–Trinajstić information content (AvgIpc) is 3.14. The van der Waals surface area contributed by atoms with Gasteiger partial charge in [0.15, 0.2) is 5.82 Å². The zero-order valence-corrected chi connectivity index (χ0v) is 13.9. The van der Waals surface area contributed by atoms with Gasteiger partial charge >= 0.3 is 0 Å². The molecule has 1 aromatic heterocycles. The third-order valence-electron chi connectivity index (χ3n) is 5.04. The minimum atomic E-state index is 0.236. The van der Waals surface area contributed by atoms with E-state index in [4.69, 9.17) is 0 Å². The summed E-state index contributed by atoms with van der Waals surface area (Å²) in [5, 5.41) is 16.3. The lowest BCUT2D eigenvalue weighted by Gasteiger charge is -2.50. The molecule has 21 heavy (non-hydrogen) atoms. The summed E-state index contributed by atoms with van der Waals surface area (Å²) in [5.74, 6) is 1.66. The molecule has 2 fully saturated rings. The van der Waals surface area contributed by atoms with E-state index in [-0.39, 0.29) is 11.0 Å². The molecule has 3 rings (SSSR count). The predicted molar refractivity (Wildman–Crippen MR) is 81.6 cm³/mol. The predicted octanol–water partition coefficient (Wildman–Crippen LogP) is 1.20. The standard InChI is InChI=1S/C15H28N6/c1-14(2,3)12-8-16-15(4,11-6-7-11)10-21(12)9-13-17-19-20(5)18-13/h11-12,16H,6-10H2,1-5H3. The summed E-state index contributed by atoms with van der Waals surface area (Å²) in [4.78, 5) is 4.11. The Balaban J connectivity index is 1.79. The van der Waals surface area contributed by atoms with Crippen molar-refractivity contribution in [3.63, 3.8) is 0 Å². The van der Waals surface area contributed by atoms with E-state index in [0.29, 0.717) is 6.04 Å². The van der Waals surface area contributed by atoms with Crippen LogP contribution in [0.4, 0.5) is 0 Å². The second kappa shape index (κ2) is 5.02. The van der Waals surface area contributed by atoms with Gasteiger partial charge < -0.3 is 5.32 Å². The molecule has 1 saturated heterocycles. The van der Waals surface area contributed by atoms with Crippen LogP contribution < -0.4 is 5.32 Å². The van der Waals surface area contributed by atoms with Gasteiger partial charge in [0.1, 0.15) is 0 Å². The average molecular weight is 292 g/mol. The minimum absolute atomic E-state index is 0.236. The number of hydrogen-bond donors (Lipinski definition) is 1. The Bertz CT molecular complexity index is 501. The van der Waals surface area contributed by atoms with Gasteiger partial charge in [-0.1, -0.05) is 20.8 Å². The summed E-state index contributed by atoms with van der Waals surface area (Å²) in [6.07, 6.45) is 2.72. The summed E-state index contributed by atoms with van der Waals surface area (Å²) in [5.41, 5.74) is 0.476. The Labute approximate surface area is 127 Å². The number of nitrogens with one attached hydrogen (secondary N) is 1. The van der Waals surface area contributed by atoms with Crippen LogP contribution in [0, 0.1) is 11.3 Å². The van der Waals surface area contributed by atoms with Crippen molar-refractivity contribution in [2.45, 2.75) is 58.7 Å². The lowest BCUT2D eigenvalue weighted by atomic mass is 9.80. The fraction of sp³-hybridized carbons (Fsp3) is 0.933. The van der Waals surface area contributed by atoms with Crippen LogP contribution in [0.15, 0.2) is 0 Å². The summed E-state index contributed by atoms with van der Waals surface area (Å²) in [6.45, 7) is 12.2. The summed E-state index contributed by atoms with van der Waals surface area (Å²) in [7, 11) is 1.82. The van der Waals surface area contributed by atoms with Crippen LogP contribution in [0.25, 0.3) is 0 Å². The highest BCUT2D eigenvalue weighted by atomic mass is 15.6. The van der Waals surface area contributed by atoms with Crippen LogP contribution in [-0.2, 0) is 13.6 Å². The van der Waals surface area contributed by atoms with E-state index in [2.05, 4.69) is 53.3 Å². The zero-order valence-electron chi connectivity index (χ0n) is 13.9. The van der Waals surface area contributed by atoms with E-state index in [0.717, 1.165) is 31.4 Å². The van der Waals surface area contributed by atoms with Crippen LogP contribution in [0.5, 0.6) is 0 Å². The highest BCUT2D eigenvalue weighted by Gasteiger charge is 2.48. The zero-order chi connectivity index (χ0) is 15.3. The van der Waals surface area contributed by atoms with Gasteiger partial charge in [0, 0.05) is 24.7 Å². The maximum absolute atomic E-state index is 4.36. The van der Waals surface area contributed by atoms with Crippen molar-refractivity contribution in [2.75, 3.05) is 13.1 Å². The smallest absolute Gasteiger partial charge is 0.188 e. The maximum Gasteiger partial charge on any atom is 0.188 e. The van der Waals surface area contributed by atoms with Gasteiger partial charge in [-0.25, -0.2) is 0 Å². The van der Waals surface area contributed by atoms with Crippen molar-refractivity contribution in [3.8, 4) is 0 Å². The number of aromatic nitrogens is 4. The molecule has 0 aromatic carbocycles. The van der Waals surface area contributed by atoms with E-state index >= 15 is 0 Å². The van der Waals surface area contributed by atoms with Crippen LogP contribution in [-0.4, -0.2) is 49.8 Å². The van der Waals surface area contributed by atoms with Crippen LogP contribution in [0.3, 0.4) is 0 Å². The normalized spacial score (nSPS) is 31.6. The quantitative estimate of drug-likeness (QED) is 0.907. The fourth-order valence-corrected chi connectivity index (χ4v) is 3.63. The first-order valence-corrected chi connectivity index (χ1v) is 8.00. The lowest BCUT2D eigenvalue weighted by Crippen LogP contribution is -2.66. The fourth-order valence-electron chi connectivity index (χ4n) is 3.63. The molecular formula is C15H28N6. The number of nitrogens with zero attached hydrogens (tertiary/aromatic N) is 5. The number of aryl methyl sites for hydroxylation is 1. The number of rotatable bonds is 3. The van der Waals surface area contributed by atoms with E-state index in [9.17, 15) is 0 Å². The molecule has 1 aliphatic heterocycles. The second-order valence-corrected chi connectivity index (χ2v) is 8.05. The molecule has 0 amide bonds. The molecule has 6 heteroatoms. The molecule has 6 nitrogen and oxygen atoms in total. The van der Waals surface area contributed by atoms with Crippen molar-refractivity contribution < 1.29 is 0 Å². The molecular weight excluding hydrogens is 264 g/mol. The monoisotopic (exact) mass is 292 g/mol. The molecule has 2 unspecified atom stereocenters.